The molecule has 0 saturated carbocycles. The lowest BCUT2D eigenvalue weighted by atomic mass is 9.78. The topological polar surface area (TPSA) is 53.6 Å². The molecule has 24 heavy (non-hydrogen) atoms. The van der Waals surface area contributed by atoms with E-state index in [4.69, 9.17) is 0 Å². The molecule has 1 aliphatic carbocycles. The minimum absolute atomic E-state index is 0.106. The zero-order valence-electron chi connectivity index (χ0n) is 14.1. The normalized spacial score (nSPS) is 27.2. The first-order valence-electron chi connectivity index (χ1n) is 8.30. The number of hydrogen-bond acceptors (Lipinski definition) is 4. The molecule has 0 amide bonds. The van der Waals surface area contributed by atoms with E-state index in [2.05, 4.69) is 47.0 Å². The van der Waals surface area contributed by atoms with Crippen LogP contribution < -0.4 is 0 Å². The van der Waals surface area contributed by atoms with E-state index in [0.29, 0.717) is 0 Å². The SMILES string of the molecule is C=N/C=C1/c2ccccc2[C@H]([C@H]2CCc3cn(C)nc3[C@H]2O)N1C. The number of hydrogen-bond donors (Lipinski definition) is 1. The van der Waals surface area contributed by atoms with Crippen LogP contribution in [0.2, 0.25) is 0 Å². The van der Waals surface area contributed by atoms with Gasteiger partial charge in [-0.1, -0.05) is 24.3 Å². The van der Waals surface area contributed by atoms with Crippen LogP contribution in [0.25, 0.3) is 5.70 Å². The molecule has 124 valence electrons. The van der Waals surface area contributed by atoms with Crippen molar-refractivity contribution < 1.29 is 5.11 Å². The fourth-order valence-electron chi connectivity index (χ4n) is 4.31. The van der Waals surface area contributed by atoms with Gasteiger partial charge in [-0.2, -0.15) is 5.10 Å². The molecule has 1 aromatic carbocycles. The first-order valence-corrected chi connectivity index (χ1v) is 8.30. The Labute approximate surface area is 141 Å². The average Bonchev–Trinajstić information content (AvgIpc) is 3.08. The van der Waals surface area contributed by atoms with E-state index < -0.39 is 6.10 Å². The van der Waals surface area contributed by atoms with Gasteiger partial charge in [-0.3, -0.25) is 9.67 Å². The molecule has 0 radical (unpaired) electrons. The predicted molar refractivity (Wildman–Crippen MR) is 94.5 cm³/mol. The molecule has 2 aromatic rings. The van der Waals surface area contributed by atoms with E-state index in [-0.39, 0.29) is 12.0 Å². The fraction of sp³-hybridized carbons (Fsp3) is 0.368. The Morgan fingerprint density at radius 3 is 2.92 bits per heavy atom. The quantitative estimate of drug-likeness (QED) is 0.865. The minimum Gasteiger partial charge on any atom is -0.386 e. The standard InChI is InChI=1S/C19H22N4O/c1-20-10-16-13-6-4-5-7-14(13)18(23(16)3)15-9-8-12-11-22(2)21-17(12)19(15)24/h4-7,10-11,15,18-19,24H,1,8-9H2,2-3H3/b16-10-/t15-,18-,19+/m1/s1. The Morgan fingerprint density at radius 1 is 1.33 bits per heavy atom. The van der Waals surface area contributed by atoms with Crippen molar-refractivity contribution in [2.45, 2.75) is 25.0 Å². The maximum atomic E-state index is 11.0. The molecule has 3 atom stereocenters. The smallest absolute Gasteiger partial charge is 0.103 e. The Morgan fingerprint density at radius 2 is 2.12 bits per heavy atom. The van der Waals surface area contributed by atoms with E-state index in [1.54, 1.807) is 10.9 Å². The van der Waals surface area contributed by atoms with Crippen molar-refractivity contribution in [3.63, 3.8) is 0 Å². The van der Waals surface area contributed by atoms with E-state index >= 15 is 0 Å². The third-order valence-electron chi connectivity index (χ3n) is 5.34. The predicted octanol–water partition coefficient (Wildman–Crippen LogP) is 2.70. The zero-order chi connectivity index (χ0) is 16.8. The molecule has 4 rings (SSSR count). The Hall–Kier alpha value is -2.40. The lowest BCUT2D eigenvalue weighted by molar-refractivity contribution is 0.0477. The van der Waals surface area contributed by atoms with E-state index in [0.717, 1.165) is 24.2 Å². The highest BCUT2D eigenvalue weighted by atomic mass is 16.3. The van der Waals surface area contributed by atoms with Crippen molar-refractivity contribution in [2.24, 2.45) is 18.0 Å². The van der Waals surface area contributed by atoms with Gasteiger partial charge in [-0.25, -0.2) is 0 Å². The van der Waals surface area contributed by atoms with E-state index in [9.17, 15) is 5.11 Å². The second-order valence-corrected chi connectivity index (χ2v) is 6.70. The van der Waals surface area contributed by atoms with Crippen molar-refractivity contribution >= 4 is 12.4 Å². The third-order valence-corrected chi connectivity index (χ3v) is 5.34. The summed E-state index contributed by atoms with van der Waals surface area (Å²) in [6.07, 6.45) is 5.18. The Kier molecular flexibility index (Phi) is 3.53. The molecule has 0 unspecified atom stereocenters. The molecule has 0 saturated heterocycles. The number of fused-ring (bicyclic) bond motifs is 2. The van der Waals surface area contributed by atoms with Gasteiger partial charge in [0, 0.05) is 31.8 Å². The average molecular weight is 322 g/mol. The number of aliphatic imine (C=N–C) groups is 1. The van der Waals surface area contributed by atoms with Crippen LogP contribution in [0, 0.1) is 5.92 Å². The van der Waals surface area contributed by atoms with E-state index in [1.807, 2.05) is 19.3 Å². The van der Waals surface area contributed by atoms with Crippen molar-refractivity contribution in [3.8, 4) is 0 Å². The molecule has 1 aliphatic heterocycles. The highest BCUT2D eigenvalue weighted by Crippen LogP contribution is 2.50. The van der Waals surface area contributed by atoms with Gasteiger partial charge in [-0.05, 0) is 30.7 Å². The molecule has 0 fully saturated rings. The second kappa shape index (κ2) is 5.60. The lowest BCUT2D eigenvalue weighted by Crippen LogP contribution is -2.31. The summed E-state index contributed by atoms with van der Waals surface area (Å²) >= 11 is 0. The summed E-state index contributed by atoms with van der Waals surface area (Å²) in [4.78, 5) is 6.20. The third kappa shape index (κ3) is 2.12. The van der Waals surface area contributed by atoms with Gasteiger partial charge in [0.1, 0.15) is 6.10 Å². The highest BCUT2D eigenvalue weighted by Gasteiger charge is 2.43. The maximum Gasteiger partial charge on any atom is 0.103 e. The van der Waals surface area contributed by atoms with Crippen LogP contribution in [0.4, 0.5) is 0 Å². The number of aromatic nitrogens is 2. The molecule has 2 heterocycles. The van der Waals surface area contributed by atoms with Crippen LogP contribution >= 0.6 is 0 Å². The summed E-state index contributed by atoms with van der Waals surface area (Å²) in [5, 5.41) is 15.5. The van der Waals surface area contributed by atoms with Gasteiger partial charge in [0.15, 0.2) is 0 Å². The fourth-order valence-corrected chi connectivity index (χ4v) is 4.31. The molecule has 0 spiro atoms. The summed E-state index contributed by atoms with van der Waals surface area (Å²) in [5.74, 6) is 0.106. The highest BCUT2D eigenvalue weighted by molar-refractivity contribution is 5.72. The first-order chi connectivity index (χ1) is 11.6. The van der Waals surface area contributed by atoms with Gasteiger partial charge < -0.3 is 10.0 Å². The number of nitrogens with zero attached hydrogens (tertiary/aromatic N) is 4. The monoisotopic (exact) mass is 322 g/mol. The van der Waals surface area contributed by atoms with Crippen LogP contribution in [0.15, 0.2) is 41.7 Å². The van der Waals surface area contributed by atoms with E-state index in [1.165, 1.54) is 16.7 Å². The zero-order valence-corrected chi connectivity index (χ0v) is 14.1. The summed E-state index contributed by atoms with van der Waals surface area (Å²) in [6.45, 7) is 3.60. The van der Waals surface area contributed by atoms with Gasteiger partial charge in [-0.15, -0.1) is 0 Å². The summed E-state index contributed by atoms with van der Waals surface area (Å²) in [5.41, 5.74) is 5.48. The molecule has 1 aromatic heterocycles. The Bertz CT molecular complexity index is 823. The van der Waals surface area contributed by atoms with Gasteiger partial charge in [0.2, 0.25) is 0 Å². The molecule has 0 bridgehead atoms. The largest absolute Gasteiger partial charge is 0.386 e. The molecule has 5 heteroatoms. The summed E-state index contributed by atoms with van der Waals surface area (Å²) < 4.78 is 1.80. The number of aliphatic hydroxyl groups excluding tert-OH is 1. The molecular formula is C19H22N4O. The van der Waals surface area contributed by atoms with Gasteiger partial charge in [0.05, 0.1) is 23.6 Å². The van der Waals surface area contributed by atoms with Crippen molar-refractivity contribution in [2.75, 3.05) is 7.05 Å². The summed E-state index contributed by atoms with van der Waals surface area (Å²) in [7, 11) is 3.98. The Balaban J connectivity index is 1.77. The number of aliphatic hydroxyl groups is 1. The maximum absolute atomic E-state index is 11.0. The van der Waals surface area contributed by atoms with Crippen molar-refractivity contribution in [1.82, 2.24) is 14.7 Å². The van der Waals surface area contributed by atoms with Gasteiger partial charge >= 0.3 is 0 Å². The van der Waals surface area contributed by atoms with Gasteiger partial charge in [0.25, 0.3) is 0 Å². The van der Waals surface area contributed by atoms with Crippen molar-refractivity contribution in [1.29, 1.82) is 0 Å². The molecule has 2 aliphatic rings. The number of aryl methyl sites for hydroxylation is 2. The van der Waals surface area contributed by atoms with Crippen LogP contribution in [0.5, 0.6) is 0 Å². The first kappa shape index (κ1) is 15.1. The lowest BCUT2D eigenvalue weighted by Gasteiger charge is -2.36. The number of benzene rings is 1. The van der Waals surface area contributed by atoms with Crippen LogP contribution in [0.3, 0.4) is 0 Å². The molecular weight excluding hydrogens is 300 g/mol. The van der Waals surface area contributed by atoms with Crippen LogP contribution in [-0.2, 0) is 13.5 Å². The van der Waals surface area contributed by atoms with Crippen LogP contribution in [0.1, 0.15) is 41.0 Å². The minimum atomic E-state index is -0.550. The van der Waals surface area contributed by atoms with Crippen LogP contribution in [-0.4, -0.2) is 33.6 Å². The van der Waals surface area contributed by atoms with Crippen molar-refractivity contribution in [3.05, 3.63) is 59.0 Å². The molecule has 1 N–H and O–H groups in total. The number of rotatable bonds is 2. The summed E-state index contributed by atoms with van der Waals surface area (Å²) in [6, 6.07) is 8.50. The second-order valence-electron chi connectivity index (χ2n) is 6.70. The molecule has 5 nitrogen and oxygen atoms in total.